The average Bonchev–Trinajstić information content (AvgIpc) is 2.65. The number of likely N-dealkylation sites (tertiary alicyclic amines) is 1. The van der Waals surface area contributed by atoms with Gasteiger partial charge in [-0.1, -0.05) is 30.3 Å². The molecule has 0 radical (unpaired) electrons. The summed E-state index contributed by atoms with van der Waals surface area (Å²) in [6.45, 7) is 2.29. The Morgan fingerprint density at radius 2 is 1.78 bits per heavy atom. The molecule has 1 saturated heterocycles. The van der Waals surface area contributed by atoms with Gasteiger partial charge in [0.05, 0.1) is 11.4 Å². The summed E-state index contributed by atoms with van der Waals surface area (Å²) in [5.41, 5.74) is 2.48. The van der Waals surface area contributed by atoms with Crippen LogP contribution in [-0.2, 0) is 6.54 Å². The lowest BCUT2D eigenvalue weighted by Gasteiger charge is -2.32. The van der Waals surface area contributed by atoms with Gasteiger partial charge in [0, 0.05) is 45.3 Å². The van der Waals surface area contributed by atoms with E-state index >= 15 is 0 Å². The van der Waals surface area contributed by atoms with Crippen LogP contribution in [0.15, 0.2) is 48.5 Å². The topological polar surface area (TPSA) is 47.6 Å². The molecule has 2 N–H and O–H groups in total. The SMILES string of the molecule is CN(C)c1ccccc1NC(=O)NC1CCN(Cc2ccccc2F)CC1. The van der Waals surface area contributed by atoms with Crippen molar-refractivity contribution < 1.29 is 9.18 Å². The summed E-state index contributed by atoms with van der Waals surface area (Å²) in [6.07, 6.45) is 1.72. The molecular weight excluding hydrogens is 343 g/mol. The monoisotopic (exact) mass is 370 g/mol. The molecule has 0 saturated carbocycles. The summed E-state index contributed by atoms with van der Waals surface area (Å²) in [5, 5.41) is 6.00. The number of anilines is 2. The fraction of sp³-hybridized carbons (Fsp3) is 0.381. The van der Waals surface area contributed by atoms with Crippen molar-refractivity contribution in [2.24, 2.45) is 0 Å². The molecule has 144 valence electrons. The van der Waals surface area contributed by atoms with Gasteiger partial charge in [0.2, 0.25) is 0 Å². The Kier molecular flexibility index (Phi) is 6.29. The number of amides is 2. The summed E-state index contributed by atoms with van der Waals surface area (Å²) in [6, 6.07) is 14.6. The fourth-order valence-corrected chi connectivity index (χ4v) is 3.42. The molecule has 6 heteroatoms. The second-order valence-corrected chi connectivity index (χ2v) is 7.15. The van der Waals surface area contributed by atoms with Crippen molar-refractivity contribution in [2.75, 3.05) is 37.4 Å². The summed E-state index contributed by atoms with van der Waals surface area (Å²) in [5.74, 6) is -0.156. The molecule has 2 aromatic carbocycles. The number of nitrogens with zero attached hydrogens (tertiary/aromatic N) is 2. The van der Waals surface area contributed by atoms with E-state index in [1.807, 2.05) is 55.4 Å². The molecule has 1 fully saturated rings. The minimum absolute atomic E-state index is 0.133. The van der Waals surface area contributed by atoms with Crippen molar-refractivity contribution in [3.63, 3.8) is 0 Å². The van der Waals surface area contributed by atoms with E-state index in [0.29, 0.717) is 6.54 Å². The van der Waals surface area contributed by atoms with Gasteiger partial charge < -0.3 is 15.5 Å². The Morgan fingerprint density at radius 1 is 1.11 bits per heavy atom. The quantitative estimate of drug-likeness (QED) is 0.844. The van der Waals surface area contributed by atoms with E-state index in [1.165, 1.54) is 6.07 Å². The van der Waals surface area contributed by atoms with Crippen molar-refractivity contribution in [3.8, 4) is 0 Å². The summed E-state index contributed by atoms with van der Waals surface area (Å²) in [7, 11) is 3.90. The molecule has 1 heterocycles. The zero-order chi connectivity index (χ0) is 19.2. The van der Waals surface area contributed by atoms with Crippen molar-refractivity contribution >= 4 is 17.4 Å². The van der Waals surface area contributed by atoms with Crippen LogP contribution >= 0.6 is 0 Å². The van der Waals surface area contributed by atoms with Crippen LogP contribution in [0.1, 0.15) is 18.4 Å². The first-order valence-electron chi connectivity index (χ1n) is 9.32. The van der Waals surface area contributed by atoms with E-state index < -0.39 is 0 Å². The van der Waals surface area contributed by atoms with Gasteiger partial charge in [-0.25, -0.2) is 9.18 Å². The largest absolute Gasteiger partial charge is 0.376 e. The van der Waals surface area contributed by atoms with Crippen LogP contribution in [0.5, 0.6) is 0 Å². The number of urea groups is 1. The van der Waals surface area contributed by atoms with Gasteiger partial charge in [-0.15, -0.1) is 0 Å². The van der Waals surface area contributed by atoms with Crippen LogP contribution in [0.2, 0.25) is 0 Å². The van der Waals surface area contributed by atoms with Gasteiger partial charge in [-0.05, 0) is 31.0 Å². The smallest absolute Gasteiger partial charge is 0.319 e. The molecule has 27 heavy (non-hydrogen) atoms. The van der Waals surface area contributed by atoms with E-state index in [2.05, 4.69) is 15.5 Å². The number of para-hydroxylation sites is 2. The summed E-state index contributed by atoms with van der Waals surface area (Å²) >= 11 is 0. The Balaban J connectivity index is 1.48. The number of benzene rings is 2. The summed E-state index contributed by atoms with van der Waals surface area (Å²) < 4.78 is 13.8. The average molecular weight is 370 g/mol. The number of hydrogen-bond donors (Lipinski definition) is 2. The second-order valence-electron chi connectivity index (χ2n) is 7.15. The maximum atomic E-state index is 13.8. The van der Waals surface area contributed by atoms with Crippen LogP contribution < -0.4 is 15.5 Å². The first kappa shape index (κ1) is 19.2. The molecular formula is C21H27FN4O. The highest BCUT2D eigenvalue weighted by atomic mass is 19.1. The molecule has 1 aliphatic rings. The Bertz CT molecular complexity index is 772. The molecule has 0 bridgehead atoms. The fourth-order valence-electron chi connectivity index (χ4n) is 3.42. The van der Waals surface area contributed by atoms with Crippen molar-refractivity contribution in [1.29, 1.82) is 0 Å². The number of halogens is 1. The minimum atomic E-state index is -0.183. The number of nitrogens with one attached hydrogen (secondary N) is 2. The van der Waals surface area contributed by atoms with Gasteiger partial charge in [-0.3, -0.25) is 4.90 Å². The predicted octanol–water partition coefficient (Wildman–Crippen LogP) is 3.68. The minimum Gasteiger partial charge on any atom is -0.376 e. The third-order valence-electron chi connectivity index (χ3n) is 4.91. The third-order valence-corrected chi connectivity index (χ3v) is 4.91. The first-order chi connectivity index (χ1) is 13.0. The lowest BCUT2D eigenvalue weighted by Crippen LogP contribution is -2.45. The molecule has 1 aliphatic heterocycles. The summed E-state index contributed by atoms with van der Waals surface area (Å²) in [4.78, 5) is 16.6. The second kappa shape index (κ2) is 8.86. The van der Waals surface area contributed by atoms with Gasteiger partial charge in [0.1, 0.15) is 5.82 Å². The number of hydrogen-bond acceptors (Lipinski definition) is 3. The van der Waals surface area contributed by atoms with Gasteiger partial charge in [0.25, 0.3) is 0 Å². The maximum absolute atomic E-state index is 13.8. The highest BCUT2D eigenvalue weighted by Gasteiger charge is 2.21. The van der Waals surface area contributed by atoms with E-state index in [0.717, 1.165) is 42.9 Å². The molecule has 2 amide bonds. The number of piperidine rings is 1. The van der Waals surface area contributed by atoms with Crippen LogP contribution in [0.3, 0.4) is 0 Å². The Morgan fingerprint density at radius 3 is 2.48 bits per heavy atom. The first-order valence-corrected chi connectivity index (χ1v) is 9.32. The molecule has 0 spiro atoms. The molecule has 5 nitrogen and oxygen atoms in total. The van der Waals surface area contributed by atoms with E-state index in [-0.39, 0.29) is 17.9 Å². The number of carbonyl (C=O) groups is 1. The molecule has 3 rings (SSSR count). The van der Waals surface area contributed by atoms with Crippen LogP contribution in [0.4, 0.5) is 20.6 Å². The lowest BCUT2D eigenvalue weighted by atomic mass is 10.0. The van der Waals surface area contributed by atoms with Gasteiger partial charge in [0.15, 0.2) is 0 Å². The van der Waals surface area contributed by atoms with Crippen molar-refractivity contribution in [2.45, 2.75) is 25.4 Å². The predicted molar refractivity (Wildman–Crippen MR) is 108 cm³/mol. The van der Waals surface area contributed by atoms with Crippen molar-refractivity contribution in [3.05, 3.63) is 59.9 Å². The molecule has 2 aromatic rings. The maximum Gasteiger partial charge on any atom is 0.319 e. The van der Waals surface area contributed by atoms with Crippen LogP contribution in [0.25, 0.3) is 0 Å². The highest BCUT2D eigenvalue weighted by molar-refractivity contribution is 5.93. The molecule has 0 aliphatic carbocycles. The third kappa shape index (κ3) is 5.20. The van der Waals surface area contributed by atoms with Crippen molar-refractivity contribution in [1.82, 2.24) is 10.2 Å². The van der Waals surface area contributed by atoms with E-state index in [4.69, 9.17) is 0 Å². The van der Waals surface area contributed by atoms with Gasteiger partial charge in [-0.2, -0.15) is 0 Å². The van der Waals surface area contributed by atoms with Crippen LogP contribution in [-0.4, -0.2) is 44.2 Å². The molecule has 0 aromatic heterocycles. The zero-order valence-corrected chi connectivity index (χ0v) is 15.9. The zero-order valence-electron chi connectivity index (χ0n) is 15.9. The van der Waals surface area contributed by atoms with E-state index in [9.17, 15) is 9.18 Å². The normalized spacial score (nSPS) is 15.4. The Hall–Kier alpha value is -2.60. The number of rotatable bonds is 5. The standard InChI is InChI=1S/C21H27FN4O/c1-25(2)20-10-6-5-9-19(20)24-21(27)23-17-11-13-26(14-12-17)15-16-7-3-4-8-18(16)22/h3-10,17H,11-15H2,1-2H3,(H2,23,24,27). The molecule has 0 unspecified atom stereocenters. The van der Waals surface area contributed by atoms with Gasteiger partial charge >= 0.3 is 6.03 Å². The number of carbonyl (C=O) groups excluding carboxylic acids is 1. The highest BCUT2D eigenvalue weighted by Crippen LogP contribution is 2.23. The lowest BCUT2D eigenvalue weighted by molar-refractivity contribution is 0.188. The Labute approximate surface area is 160 Å². The molecule has 0 atom stereocenters. The van der Waals surface area contributed by atoms with E-state index in [1.54, 1.807) is 6.07 Å². The van der Waals surface area contributed by atoms with Crippen LogP contribution in [0, 0.1) is 5.82 Å².